The number of rotatable bonds is 2. The van der Waals surface area contributed by atoms with Gasteiger partial charge in [0.2, 0.25) is 0 Å². The van der Waals surface area contributed by atoms with Gasteiger partial charge in [0.15, 0.2) is 0 Å². The van der Waals surface area contributed by atoms with Crippen LogP contribution in [0.1, 0.15) is 6.92 Å². The number of nitrogens with zero attached hydrogens (tertiary/aromatic N) is 2. The number of amides is 3. The number of nitrogen functional groups attached to an aromatic ring is 1. The highest BCUT2D eigenvalue weighted by atomic mass is 16.2. The number of likely N-dealkylation sites (N-methyl/N-ethyl adjacent to an activating group) is 1. The SMILES string of the molecule is CCN1C(=O)CN(c2ccc(N)cc2)C1=O. The molecule has 0 aliphatic carbocycles. The molecule has 0 radical (unpaired) electrons. The van der Waals surface area contributed by atoms with Crippen LogP contribution in [-0.4, -0.2) is 29.9 Å². The molecule has 2 N–H and O–H groups in total. The van der Waals surface area contributed by atoms with Crippen molar-refractivity contribution < 1.29 is 9.59 Å². The topological polar surface area (TPSA) is 66.6 Å². The molecule has 16 heavy (non-hydrogen) atoms. The average Bonchev–Trinajstić information content (AvgIpc) is 2.55. The van der Waals surface area contributed by atoms with Gasteiger partial charge in [0.05, 0.1) is 0 Å². The maximum Gasteiger partial charge on any atom is 0.331 e. The normalized spacial score (nSPS) is 16.1. The summed E-state index contributed by atoms with van der Waals surface area (Å²) in [6, 6.07) is 6.63. The van der Waals surface area contributed by atoms with Crippen LogP contribution >= 0.6 is 0 Å². The van der Waals surface area contributed by atoms with Gasteiger partial charge in [-0.2, -0.15) is 0 Å². The number of carbonyl (C=O) groups is 2. The molecule has 5 heteroatoms. The molecule has 0 atom stereocenters. The third-order valence-electron chi connectivity index (χ3n) is 2.58. The lowest BCUT2D eigenvalue weighted by molar-refractivity contribution is -0.124. The number of anilines is 2. The minimum Gasteiger partial charge on any atom is -0.399 e. The third kappa shape index (κ3) is 1.60. The van der Waals surface area contributed by atoms with Gasteiger partial charge in [-0.3, -0.25) is 14.6 Å². The van der Waals surface area contributed by atoms with Crippen LogP contribution < -0.4 is 10.6 Å². The molecule has 0 aromatic heterocycles. The Morgan fingerprint density at radius 3 is 2.38 bits per heavy atom. The Morgan fingerprint density at radius 1 is 1.25 bits per heavy atom. The Balaban J connectivity index is 2.27. The average molecular weight is 219 g/mol. The number of hydrogen-bond acceptors (Lipinski definition) is 3. The number of imide groups is 1. The Morgan fingerprint density at radius 2 is 1.88 bits per heavy atom. The second-order valence-electron chi connectivity index (χ2n) is 3.60. The molecule has 1 aromatic rings. The summed E-state index contributed by atoms with van der Waals surface area (Å²) in [7, 11) is 0. The number of urea groups is 1. The van der Waals surface area contributed by atoms with Crippen molar-refractivity contribution in [3.63, 3.8) is 0 Å². The van der Waals surface area contributed by atoms with Crippen LogP contribution in [0.25, 0.3) is 0 Å². The maximum absolute atomic E-state index is 11.8. The van der Waals surface area contributed by atoms with Crippen molar-refractivity contribution in [2.45, 2.75) is 6.92 Å². The van der Waals surface area contributed by atoms with Gasteiger partial charge in [0, 0.05) is 17.9 Å². The molecule has 1 heterocycles. The Bertz CT molecular complexity index is 427. The highest BCUT2D eigenvalue weighted by Gasteiger charge is 2.35. The van der Waals surface area contributed by atoms with Crippen LogP contribution in [0, 0.1) is 0 Å². The van der Waals surface area contributed by atoms with Crippen molar-refractivity contribution >= 4 is 23.3 Å². The first-order chi connectivity index (χ1) is 7.63. The monoisotopic (exact) mass is 219 g/mol. The van der Waals surface area contributed by atoms with Crippen LogP contribution in [0.15, 0.2) is 24.3 Å². The number of benzene rings is 1. The van der Waals surface area contributed by atoms with E-state index < -0.39 is 0 Å². The van der Waals surface area contributed by atoms with E-state index in [1.165, 1.54) is 9.80 Å². The molecule has 3 amide bonds. The second-order valence-corrected chi connectivity index (χ2v) is 3.60. The van der Waals surface area contributed by atoms with Gasteiger partial charge in [-0.05, 0) is 31.2 Å². The second kappa shape index (κ2) is 3.84. The molecule has 1 aliphatic heterocycles. The fraction of sp³-hybridized carbons (Fsp3) is 0.273. The van der Waals surface area contributed by atoms with Crippen molar-refractivity contribution in [3.05, 3.63) is 24.3 Å². The Hall–Kier alpha value is -2.04. The van der Waals surface area contributed by atoms with Gasteiger partial charge >= 0.3 is 6.03 Å². The zero-order valence-corrected chi connectivity index (χ0v) is 9.01. The van der Waals surface area contributed by atoms with E-state index in [-0.39, 0.29) is 18.5 Å². The van der Waals surface area contributed by atoms with Crippen molar-refractivity contribution in [1.82, 2.24) is 4.90 Å². The molecule has 0 bridgehead atoms. The summed E-state index contributed by atoms with van der Waals surface area (Å²) < 4.78 is 0. The molecule has 0 saturated carbocycles. The summed E-state index contributed by atoms with van der Waals surface area (Å²) >= 11 is 0. The molecule has 84 valence electrons. The zero-order chi connectivity index (χ0) is 11.7. The number of carbonyl (C=O) groups excluding carboxylic acids is 2. The molecule has 0 unspecified atom stereocenters. The summed E-state index contributed by atoms with van der Waals surface area (Å²) in [5.74, 6) is -0.163. The van der Waals surface area contributed by atoms with Crippen LogP contribution in [0.4, 0.5) is 16.2 Å². The number of nitrogens with two attached hydrogens (primary N) is 1. The summed E-state index contributed by atoms with van der Waals surface area (Å²) in [6.45, 7) is 2.29. The van der Waals surface area contributed by atoms with Crippen LogP contribution in [0.3, 0.4) is 0 Å². The first kappa shape index (κ1) is 10.5. The molecule has 1 fully saturated rings. The molecular weight excluding hydrogens is 206 g/mol. The minimum absolute atomic E-state index is 0.108. The van der Waals surface area contributed by atoms with Gasteiger partial charge < -0.3 is 5.73 Å². The zero-order valence-electron chi connectivity index (χ0n) is 9.01. The molecule has 5 nitrogen and oxygen atoms in total. The third-order valence-corrected chi connectivity index (χ3v) is 2.58. The summed E-state index contributed by atoms with van der Waals surface area (Å²) in [4.78, 5) is 26.0. The standard InChI is InChI=1S/C11H13N3O2/c1-2-13-10(15)7-14(11(13)16)9-5-3-8(12)4-6-9/h3-6H,2,7,12H2,1H3. The summed E-state index contributed by atoms with van der Waals surface area (Å²) in [5.41, 5.74) is 6.89. The van der Waals surface area contributed by atoms with Gasteiger partial charge in [-0.15, -0.1) is 0 Å². The van der Waals surface area contributed by atoms with E-state index in [4.69, 9.17) is 5.73 Å². The van der Waals surface area contributed by atoms with E-state index >= 15 is 0 Å². The summed E-state index contributed by atoms with van der Waals surface area (Å²) in [5, 5.41) is 0. The van der Waals surface area contributed by atoms with E-state index in [2.05, 4.69) is 0 Å². The lowest BCUT2D eigenvalue weighted by atomic mass is 10.2. The fourth-order valence-electron chi connectivity index (χ4n) is 1.71. The first-order valence-electron chi connectivity index (χ1n) is 5.11. The van der Waals surface area contributed by atoms with Crippen LogP contribution in [0.2, 0.25) is 0 Å². The molecule has 2 rings (SSSR count). The van der Waals surface area contributed by atoms with Crippen LogP contribution in [-0.2, 0) is 4.79 Å². The van der Waals surface area contributed by atoms with E-state index in [1.807, 2.05) is 0 Å². The fourth-order valence-corrected chi connectivity index (χ4v) is 1.71. The largest absolute Gasteiger partial charge is 0.399 e. The minimum atomic E-state index is -0.266. The predicted molar refractivity (Wildman–Crippen MR) is 61.0 cm³/mol. The van der Waals surface area contributed by atoms with E-state index in [9.17, 15) is 9.59 Å². The first-order valence-corrected chi connectivity index (χ1v) is 5.11. The molecule has 1 saturated heterocycles. The number of hydrogen-bond donors (Lipinski definition) is 1. The van der Waals surface area contributed by atoms with Gasteiger partial charge in [0.25, 0.3) is 5.91 Å². The molecule has 0 spiro atoms. The van der Waals surface area contributed by atoms with Gasteiger partial charge in [-0.25, -0.2) is 4.79 Å². The Labute approximate surface area is 93.4 Å². The lowest BCUT2D eigenvalue weighted by Crippen LogP contribution is -2.32. The van der Waals surface area contributed by atoms with Gasteiger partial charge in [-0.1, -0.05) is 0 Å². The highest BCUT2D eigenvalue weighted by Crippen LogP contribution is 2.21. The molecule has 1 aliphatic rings. The Kier molecular flexibility index (Phi) is 2.52. The van der Waals surface area contributed by atoms with Gasteiger partial charge in [0.1, 0.15) is 6.54 Å². The maximum atomic E-state index is 11.8. The van der Waals surface area contributed by atoms with Crippen molar-refractivity contribution in [3.8, 4) is 0 Å². The van der Waals surface area contributed by atoms with Crippen molar-refractivity contribution in [1.29, 1.82) is 0 Å². The highest BCUT2D eigenvalue weighted by molar-refractivity contribution is 6.12. The quantitative estimate of drug-likeness (QED) is 0.597. The summed E-state index contributed by atoms with van der Waals surface area (Å²) in [6.07, 6.45) is 0. The predicted octanol–water partition coefficient (Wildman–Crippen LogP) is 1.06. The van der Waals surface area contributed by atoms with E-state index in [0.29, 0.717) is 17.9 Å². The van der Waals surface area contributed by atoms with Crippen LogP contribution in [0.5, 0.6) is 0 Å². The van der Waals surface area contributed by atoms with E-state index in [1.54, 1.807) is 31.2 Å². The van der Waals surface area contributed by atoms with Crippen molar-refractivity contribution in [2.75, 3.05) is 23.7 Å². The smallest absolute Gasteiger partial charge is 0.331 e. The molecular formula is C11H13N3O2. The molecule has 1 aromatic carbocycles. The van der Waals surface area contributed by atoms with E-state index in [0.717, 1.165) is 0 Å². The van der Waals surface area contributed by atoms with Crippen molar-refractivity contribution in [2.24, 2.45) is 0 Å². The lowest BCUT2D eigenvalue weighted by Gasteiger charge is -2.15.